The molecule has 1 aromatic carbocycles. The summed E-state index contributed by atoms with van der Waals surface area (Å²) >= 11 is 5.88. The number of amides is 2. The second kappa shape index (κ2) is 8.86. The van der Waals surface area contributed by atoms with Gasteiger partial charge in [0.2, 0.25) is 5.82 Å². The van der Waals surface area contributed by atoms with Crippen LogP contribution in [0.5, 0.6) is 0 Å². The summed E-state index contributed by atoms with van der Waals surface area (Å²) < 4.78 is 1.62. The summed E-state index contributed by atoms with van der Waals surface area (Å²) in [5.41, 5.74) is 1.35. The molecular weight excluding hydrogens is 378 g/mol. The number of carbonyl (C=O) groups excluding carboxylic acids is 2. The lowest BCUT2D eigenvalue weighted by Crippen LogP contribution is -2.28. The second-order valence-electron chi connectivity index (χ2n) is 6.61. The van der Waals surface area contributed by atoms with Crippen LogP contribution in [0.25, 0.3) is 5.52 Å². The second-order valence-corrected chi connectivity index (χ2v) is 7.05. The molecule has 0 radical (unpaired) electrons. The van der Waals surface area contributed by atoms with Gasteiger partial charge >= 0.3 is 0 Å². The van der Waals surface area contributed by atoms with Crippen LogP contribution in [0.2, 0.25) is 5.02 Å². The molecule has 0 saturated carbocycles. The minimum atomic E-state index is -0.391. The molecule has 146 valence electrons. The smallest absolute Gasteiger partial charge is 0.287 e. The first kappa shape index (κ1) is 19.9. The van der Waals surface area contributed by atoms with Crippen LogP contribution in [-0.4, -0.2) is 53.3 Å². The van der Waals surface area contributed by atoms with Crippen molar-refractivity contribution in [2.45, 2.75) is 6.42 Å². The van der Waals surface area contributed by atoms with Crippen LogP contribution in [0.1, 0.15) is 27.5 Å². The summed E-state index contributed by atoms with van der Waals surface area (Å²) in [7, 11) is 3.96. The third kappa shape index (κ3) is 4.68. The van der Waals surface area contributed by atoms with Crippen LogP contribution in [0.3, 0.4) is 0 Å². The van der Waals surface area contributed by atoms with E-state index in [1.165, 1.54) is 0 Å². The Balaban J connectivity index is 1.80. The van der Waals surface area contributed by atoms with Crippen molar-refractivity contribution in [3.63, 3.8) is 0 Å². The SMILES string of the molecule is CN(C)CCCNC(=O)c1nc(C(=O)Nc2ccc(Cl)cc2)c2ccccn12. The highest BCUT2D eigenvalue weighted by atomic mass is 35.5. The van der Waals surface area contributed by atoms with E-state index in [2.05, 4.69) is 20.5 Å². The molecule has 0 unspecified atom stereocenters. The number of carbonyl (C=O) groups is 2. The zero-order valence-electron chi connectivity index (χ0n) is 15.8. The largest absolute Gasteiger partial charge is 0.349 e. The van der Waals surface area contributed by atoms with E-state index in [0.29, 0.717) is 22.8 Å². The van der Waals surface area contributed by atoms with Crippen LogP contribution < -0.4 is 10.6 Å². The van der Waals surface area contributed by atoms with Crippen LogP contribution in [0, 0.1) is 0 Å². The standard InChI is InChI=1S/C20H22ClN5O2/c1-25(2)12-5-11-22-20(28)18-24-17(16-6-3-4-13-26(16)18)19(27)23-15-9-7-14(21)8-10-15/h3-4,6-10,13H,5,11-12H2,1-2H3,(H,22,28)(H,23,27). The highest BCUT2D eigenvalue weighted by Gasteiger charge is 2.21. The number of benzene rings is 1. The first-order valence-electron chi connectivity index (χ1n) is 8.92. The number of aromatic nitrogens is 2. The van der Waals surface area contributed by atoms with Crippen LogP contribution in [0.15, 0.2) is 48.7 Å². The third-order valence-corrected chi connectivity index (χ3v) is 4.39. The van der Waals surface area contributed by atoms with Crippen molar-refractivity contribution in [3.8, 4) is 0 Å². The molecule has 2 aromatic heterocycles. The lowest BCUT2D eigenvalue weighted by molar-refractivity contribution is 0.0941. The van der Waals surface area contributed by atoms with E-state index >= 15 is 0 Å². The summed E-state index contributed by atoms with van der Waals surface area (Å²) in [5, 5.41) is 6.23. The Morgan fingerprint density at radius 3 is 2.57 bits per heavy atom. The molecule has 28 heavy (non-hydrogen) atoms. The number of pyridine rings is 1. The normalized spacial score (nSPS) is 11.0. The predicted molar refractivity (Wildman–Crippen MR) is 110 cm³/mol. The minimum absolute atomic E-state index is 0.182. The molecule has 2 heterocycles. The third-order valence-electron chi connectivity index (χ3n) is 4.14. The summed E-state index contributed by atoms with van der Waals surface area (Å²) in [6, 6.07) is 12.1. The molecule has 0 spiro atoms. The van der Waals surface area contributed by atoms with Crippen molar-refractivity contribution in [3.05, 3.63) is 65.2 Å². The first-order chi connectivity index (χ1) is 13.5. The van der Waals surface area contributed by atoms with Crippen LogP contribution in [0.4, 0.5) is 5.69 Å². The van der Waals surface area contributed by atoms with Gasteiger partial charge in [-0.25, -0.2) is 4.98 Å². The lowest BCUT2D eigenvalue weighted by atomic mass is 10.3. The number of hydrogen-bond donors (Lipinski definition) is 2. The van der Waals surface area contributed by atoms with Gasteiger partial charge in [0.05, 0.1) is 5.52 Å². The molecule has 8 heteroatoms. The molecule has 0 aliphatic carbocycles. The average molecular weight is 400 g/mol. The molecular formula is C20H22ClN5O2. The molecule has 0 saturated heterocycles. The first-order valence-corrected chi connectivity index (χ1v) is 9.30. The van der Waals surface area contributed by atoms with Gasteiger partial charge in [-0.05, 0) is 63.5 Å². The van der Waals surface area contributed by atoms with Gasteiger partial charge in [-0.15, -0.1) is 0 Å². The van der Waals surface area contributed by atoms with Crippen molar-refractivity contribution in [1.82, 2.24) is 19.6 Å². The molecule has 3 rings (SSSR count). The van der Waals surface area contributed by atoms with Crippen LogP contribution in [-0.2, 0) is 0 Å². The predicted octanol–water partition coefficient (Wildman–Crippen LogP) is 2.92. The molecule has 2 amide bonds. The molecule has 3 aromatic rings. The number of hydrogen-bond acceptors (Lipinski definition) is 4. The molecule has 0 fully saturated rings. The minimum Gasteiger partial charge on any atom is -0.349 e. The van der Waals surface area contributed by atoms with Crippen molar-refractivity contribution < 1.29 is 9.59 Å². The lowest BCUT2D eigenvalue weighted by Gasteiger charge is -2.09. The van der Waals surface area contributed by atoms with Gasteiger partial charge in [0.1, 0.15) is 0 Å². The Bertz CT molecular complexity index is 982. The van der Waals surface area contributed by atoms with Gasteiger partial charge in [-0.1, -0.05) is 17.7 Å². The average Bonchev–Trinajstić information content (AvgIpc) is 3.07. The molecule has 2 N–H and O–H groups in total. The van der Waals surface area contributed by atoms with Crippen molar-refractivity contribution in [1.29, 1.82) is 0 Å². The van der Waals surface area contributed by atoms with E-state index in [0.717, 1.165) is 13.0 Å². The number of nitrogens with one attached hydrogen (secondary N) is 2. The van der Waals surface area contributed by atoms with E-state index < -0.39 is 5.91 Å². The zero-order chi connectivity index (χ0) is 20.1. The van der Waals surface area contributed by atoms with Gasteiger partial charge in [0, 0.05) is 23.5 Å². The van der Waals surface area contributed by atoms with Gasteiger partial charge in [-0.3, -0.25) is 14.0 Å². The highest BCUT2D eigenvalue weighted by molar-refractivity contribution is 6.30. The Labute approximate surface area is 168 Å². The molecule has 7 nitrogen and oxygen atoms in total. The summed E-state index contributed by atoms with van der Waals surface area (Å²) in [6.07, 6.45) is 2.54. The van der Waals surface area contributed by atoms with E-state index in [-0.39, 0.29) is 17.4 Å². The topological polar surface area (TPSA) is 78.7 Å². The summed E-state index contributed by atoms with van der Waals surface area (Å²) in [6.45, 7) is 1.41. The fourth-order valence-corrected chi connectivity index (χ4v) is 2.89. The maximum Gasteiger partial charge on any atom is 0.287 e. The summed E-state index contributed by atoms with van der Waals surface area (Å²) in [5.74, 6) is -0.523. The maximum atomic E-state index is 12.7. The molecule has 0 bridgehead atoms. The number of halogens is 1. The monoisotopic (exact) mass is 399 g/mol. The summed E-state index contributed by atoms with van der Waals surface area (Å²) in [4.78, 5) is 31.7. The number of nitrogens with zero attached hydrogens (tertiary/aromatic N) is 3. The molecule has 0 atom stereocenters. The number of imidazole rings is 1. The number of anilines is 1. The molecule has 0 aliphatic heterocycles. The Hall–Kier alpha value is -2.90. The zero-order valence-corrected chi connectivity index (χ0v) is 16.5. The number of fused-ring (bicyclic) bond motifs is 1. The van der Waals surface area contributed by atoms with Gasteiger partial charge in [0.15, 0.2) is 5.69 Å². The Morgan fingerprint density at radius 1 is 1.11 bits per heavy atom. The van der Waals surface area contributed by atoms with Crippen molar-refractivity contribution >= 4 is 34.6 Å². The number of rotatable bonds is 7. The van der Waals surface area contributed by atoms with Crippen molar-refractivity contribution in [2.75, 3.05) is 32.5 Å². The van der Waals surface area contributed by atoms with Crippen molar-refractivity contribution in [2.24, 2.45) is 0 Å². The van der Waals surface area contributed by atoms with Gasteiger partial charge in [0.25, 0.3) is 11.8 Å². The highest BCUT2D eigenvalue weighted by Crippen LogP contribution is 2.17. The van der Waals surface area contributed by atoms with Crippen LogP contribution >= 0.6 is 11.6 Å². The quantitative estimate of drug-likeness (QED) is 0.599. The van der Waals surface area contributed by atoms with E-state index in [1.807, 2.05) is 14.1 Å². The van der Waals surface area contributed by atoms with Gasteiger partial charge in [-0.2, -0.15) is 0 Å². The fourth-order valence-electron chi connectivity index (χ4n) is 2.76. The van der Waals surface area contributed by atoms with Gasteiger partial charge < -0.3 is 15.5 Å². The Kier molecular flexibility index (Phi) is 6.28. The van der Waals surface area contributed by atoms with E-state index in [4.69, 9.17) is 11.6 Å². The van der Waals surface area contributed by atoms with E-state index in [9.17, 15) is 9.59 Å². The van der Waals surface area contributed by atoms with E-state index in [1.54, 1.807) is 53.1 Å². The Morgan fingerprint density at radius 2 is 1.86 bits per heavy atom. The molecule has 0 aliphatic rings. The maximum absolute atomic E-state index is 12.7. The fraction of sp³-hybridized carbons (Fsp3) is 0.250.